The number of hydrogen-bond donors (Lipinski definition) is 2. The number of benzene rings is 1. The van der Waals surface area contributed by atoms with Gasteiger partial charge in [-0.25, -0.2) is 0 Å². The highest BCUT2D eigenvalue weighted by Crippen LogP contribution is 2.52. The van der Waals surface area contributed by atoms with E-state index in [0.29, 0.717) is 19.3 Å². The zero-order valence-electron chi connectivity index (χ0n) is 19.9. The van der Waals surface area contributed by atoms with Crippen molar-refractivity contribution in [3.8, 4) is 17.6 Å². The van der Waals surface area contributed by atoms with Crippen LogP contribution in [0.4, 0.5) is 0 Å². The highest BCUT2D eigenvalue weighted by Gasteiger charge is 2.48. The smallest absolute Gasteiger partial charge is 0.222 e. The van der Waals surface area contributed by atoms with Crippen LogP contribution in [0.5, 0.6) is 5.75 Å². The second-order valence-corrected chi connectivity index (χ2v) is 9.82. The molecule has 2 aliphatic heterocycles. The number of ether oxygens (including phenoxy) is 1. The molecule has 1 aromatic carbocycles. The van der Waals surface area contributed by atoms with Gasteiger partial charge < -0.3 is 19.8 Å². The molecule has 2 fully saturated rings. The maximum Gasteiger partial charge on any atom is 0.222 e. The van der Waals surface area contributed by atoms with E-state index in [2.05, 4.69) is 30.0 Å². The largest absolute Gasteiger partial charge is 0.489 e. The first kappa shape index (κ1) is 23.9. The van der Waals surface area contributed by atoms with Gasteiger partial charge in [0.1, 0.15) is 11.9 Å². The maximum absolute atomic E-state index is 12.4. The van der Waals surface area contributed by atoms with Crippen molar-refractivity contribution < 1.29 is 19.7 Å². The number of hydrogen-bond acceptors (Lipinski definition) is 4. The minimum absolute atomic E-state index is 0.0439. The third-order valence-corrected chi connectivity index (χ3v) is 7.50. The molecule has 5 nitrogen and oxygen atoms in total. The summed E-state index contributed by atoms with van der Waals surface area (Å²) in [5.41, 5.74) is 2.30. The van der Waals surface area contributed by atoms with Crippen molar-refractivity contribution in [3.63, 3.8) is 0 Å². The molecule has 2 heterocycles. The fraction of sp³-hybridized carbons (Fsp3) is 0.607. The second-order valence-electron chi connectivity index (χ2n) is 9.82. The summed E-state index contributed by atoms with van der Waals surface area (Å²) in [5.74, 6) is 7.17. The molecule has 6 atom stereocenters. The average molecular weight is 452 g/mol. The lowest BCUT2D eigenvalue weighted by Crippen LogP contribution is -2.27. The summed E-state index contributed by atoms with van der Waals surface area (Å²) in [6, 6.07) is 6.27. The van der Waals surface area contributed by atoms with Crippen molar-refractivity contribution in [2.24, 2.45) is 11.8 Å². The van der Waals surface area contributed by atoms with Crippen LogP contribution in [-0.4, -0.2) is 52.4 Å². The Morgan fingerprint density at radius 1 is 1.33 bits per heavy atom. The Balaban J connectivity index is 1.41. The number of aliphatic hydroxyl groups excluding tert-OH is 2. The molecule has 3 aliphatic rings. The highest BCUT2D eigenvalue weighted by atomic mass is 16.5. The third-order valence-electron chi connectivity index (χ3n) is 7.50. The van der Waals surface area contributed by atoms with Gasteiger partial charge in [0.15, 0.2) is 0 Å². The number of aryl methyl sites for hydroxylation is 1. The van der Waals surface area contributed by atoms with E-state index < -0.39 is 12.2 Å². The SMILES string of the molecule is CC#CC[C@@H](C)[C@H](O)C=C[C@@H]1[C@H]2c3cccc(CCCC(=O)N4CCCC4)c3O[C@H]2C[C@H]1O. The number of likely N-dealkylation sites (tertiary alicyclic amines) is 1. The minimum Gasteiger partial charge on any atom is -0.489 e. The van der Waals surface area contributed by atoms with Crippen LogP contribution in [0.3, 0.4) is 0 Å². The normalized spacial score (nSPS) is 27.6. The molecule has 0 bridgehead atoms. The lowest BCUT2D eigenvalue weighted by molar-refractivity contribution is -0.130. The van der Waals surface area contributed by atoms with Crippen LogP contribution in [0.1, 0.15) is 69.4 Å². The summed E-state index contributed by atoms with van der Waals surface area (Å²) in [5, 5.41) is 21.2. The predicted molar refractivity (Wildman–Crippen MR) is 129 cm³/mol. The van der Waals surface area contributed by atoms with Gasteiger partial charge in [0.25, 0.3) is 0 Å². The Morgan fingerprint density at radius 3 is 2.88 bits per heavy atom. The molecule has 0 spiro atoms. The number of fused-ring (bicyclic) bond motifs is 3. The van der Waals surface area contributed by atoms with Crippen LogP contribution < -0.4 is 4.74 Å². The maximum atomic E-state index is 12.4. The summed E-state index contributed by atoms with van der Waals surface area (Å²) in [7, 11) is 0. The van der Waals surface area contributed by atoms with Crippen molar-refractivity contribution in [2.45, 2.75) is 83.0 Å². The lowest BCUT2D eigenvalue weighted by Gasteiger charge is -2.19. The molecule has 33 heavy (non-hydrogen) atoms. The first-order valence-corrected chi connectivity index (χ1v) is 12.5. The predicted octanol–water partition coefficient (Wildman–Crippen LogP) is 3.82. The summed E-state index contributed by atoms with van der Waals surface area (Å²) in [4.78, 5) is 14.4. The average Bonchev–Trinajstić information content (AvgIpc) is 3.52. The van der Waals surface area contributed by atoms with Crippen molar-refractivity contribution in [1.82, 2.24) is 4.90 Å². The van der Waals surface area contributed by atoms with Gasteiger partial charge in [-0.3, -0.25) is 4.79 Å². The van der Waals surface area contributed by atoms with E-state index >= 15 is 0 Å². The van der Waals surface area contributed by atoms with E-state index in [9.17, 15) is 15.0 Å². The number of para-hydroxylation sites is 1. The Labute approximate surface area is 197 Å². The summed E-state index contributed by atoms with van der Waals surface area (Å²) < 4.78 is 6.36. The van der Waals surface area contributed by atoms with Crippen molar-refractivity contribution in [2.75, 3.05) is 13.1 Å². The fourth-order valence-electron chi connectivity index (χ4n) is 5.54. The topological polar surface area (TPSA) is 70.0 Å². The van der Waals surface area contributed by atoms with Gasteiger partial charge in [-0.2, -0.15) is 0 Å². The number of carbonyl (C=O) groups is 1. The first-order chi connectivity index (χ1) is 16.0. The standard InChI is InChI=1S/C28H37NO4/c1-3-4-9-19(2)23(30)15-14-21-24(31)18-25-27(21)22-12-7-10-20(28(22)33-25)11-8-13-26(32)29-16-5-6-17-29/h7,10,12,14-15,19,21,23-25,27,30-31H,5-6,8-9,11,13,16-18H2,1-2H3/t19-,21+,23-,24-,25+,27+/m1/s1. The molecule has 178 valence electrons. The third kappa shape index (κ3) is 5.28. The van der Waals surface area contributed by atoms with Crippen LogP contribution in [0.25, 0.3) is 0 Å². The molecule has 0 radical (unpaired) electrons. The molecule has 4 rings (SSSR count). The molecule has 5 heteroatoms. The van der Waals surface area contributed by atoms with Crippen molar-refractivity contribution >= 4 is 5.91 Å². The number of nitrogens with zero attached hydrogens (tertiary/aromatic N) is 1. The summed E-state index contributed by atoms with van der Waals surface area (Å²) >= 11 is 0. The molecule has 1 amide bonds. The van der Waals surface area contributed by atoms with Crippen LogP contribution in [-0.2, 0) is 11.2 Å². The number of aliphatic hydroxyl groups is 2. The Kier molecular flexibility index (Phi) is 7.78. The van der Waals surface area contributed by atoms with Crippen molar-refractivity contribution in [1.29, 1.82) is 0 Å². The van der Waals surface area contributed by atoms with Crippen molar-refractivity contribution in [3.05, 3.63) is 41.5 Å². The molecule has 1 saturated heterocycles. The number of rotatable bonds is 8. The first-order valence-electron chi connectivity index (χ1n) is 12.5. The quantitative estimate of drug-likeness (QED) is 0.466. The Morgan fingerprint density at radius 2 is 2.12 bits per heavy atom. The van der Waals surface area contributed by atoms with Gasteiger partial charge in [-0.05, 0) is 44.1 Å². The molecule has 0 unspecified atom stereocenters. The van der Waals surface area contributed by atoms with E-state index in [1.165, 1.54) is 0 Å². The van der Waals surface area contributed by atoms with Gasteiger partial charge in [0.2, 0.25) is 5.91 Å². The van der Waals surface area contributed by atoms with Gasteiger partial charge >= 0.3 is 0 Å². The van der Waals surface area contributed by atoms with Crippen LogP contribution in [0, 0.1) is 23.7 Å². The molecule has 0 aromatic heterocycles. The Bertz CT molecular complexity index is 924. The molecule has 1 aliphatic carbocycles. The minimum atomic E-state index is -0.585. The second kappa shape index (κ2) is 10.8. The van der Waals surface area contributed by atoms with Crippen LogP contribution in [0.2, 0.25) is 0 Å². The summed E-state index contributed by atoms with van der Waals surface area (Å²) in [6.07, 6.45) is 8.41. The zero-order chi connectivity index (χ0) is 23.4. The summed E-state index contributed by atoms with van der Waals surface area (Å²) in [6.45, 7) is 5.61. The van der Waals surface area contributed by atoms with E-state index in [4.69, 9.17) is 4.74 Å². The fourth-order valence-corrected chi connectivity index (χ4v) is 5.54. The lowest BCUT2D eigenvalue weighted by atomic mass is 9.86. The van der Waals surface area contributed by atoms with Crippen LogP contribution >= 0.6 is 0 Å². The molecule has 2 N–H and O–H groups in total. The van der Waals surface area contributed by atoms with Gasteiger partial charge in [-0.1, -0.05) is 37.3 Å². The van der Waals surface area contributed by atoms with Gasteiger partial charge in [-0.15, -0.1) is 11.8 Å². The molecular weight excluding hydrogens is 414 g/mol. The molecule has 1 saturated carbocycles. The van der Waals surface area contributed by atoms with Crippen LogP contribution in [0.15, 0.2) is 30.4 Å². The van der Waals surface area contributed by atoms with Gasteiger partial charge in [0.05, 0.1) is 12.2 Å². The molecular formula is C28H37NO4. The zero-order valence-corrected chi connectivity index (χ0v) is 19.9. The highest BCUT2D eigenvalue weighted by molar-refractivity contribution is 5.76. The van der Waals surface area contributed by atoms with Gasteiger partial charge in [0, 0.05) is 49.8 Å². The van der Waals surface area contributed by atoms with E-state index in [-0.39, 0.29) is 29.8 Å². The number of amides is 1. The van der Waals surface area contributed by atoms with E-state index in [1.54, 1.807) is 6.92 Å². The number of carbonyl (C=O) groups excluding carboxylic acids is 1. The Hall–Kier alpha value is -2.29. The monoisotopic (exact) mass is 451 g/mol. The van der Waals surface area contributed by atoms with E-state index in [0.717, 1.165) is 55.6 Å². The molecule has 1 aromatic rings. The van der Waals surface area contributed by atoms with E-state index in [1.807, 2.05) is 24.0 Å².